The highest BCUT2D eigenvalue weighted by atomic mass is 35.5. The molecule has 4 aromatic rings. The van der Waals surface area contributed by atoms with Crippen LogP contribution in [-0.2, 0) is 9.47 Å². The summed E-state index contributed by atoms with van der Waals surface area (Å²) >= 11 is 12.2. The fourth-order valence-corrected chi connectivity index (χ4v) is 6.26. The van der Waals surface area contributed by atoms with Crippen LogP contribution in [0.2, 0.25) is 10.3 Å². The Hall–Kier alpha value is -4.02. The molecule has 0 unspecified atom stereocenters. The number of fused-ring (bicyclic) bond motifs is 2. The molecule has 0 saturated carbocycles. The van der Waals surface area contributed by atoms with Crippen LogP contribution in [0.4, 0.5) is 9.59 Å². The molecule has 2 aliphatic rings. The molecule has 2 aliphatic heterocycles. The lowest BCUT2D eigenvalue weighted by molar-refractivity contribution is 0.0265. The van der Waals surface area contributed by atoms with E-state index in [1.165, 1.54) is 0 Å². The maximum atomic E-state index is 12.3. The lowest BCUT2D eigenvalue weighted by Crippen LogP contribution is -2.36. The topological polar surface area (TPSA) is 103 Å². The number of pyridine rings is 2. The number of amides is 2. The number of hydrogen-bond donors (Lipinski definition) is 0. The van der Waals surface area contributed by atoms with Gasteiger partial charge in [-0.2, -0.15) is 0 Å². The maximum Gasteiger partial charge on any atom is 0.410 e. The monoisotopic (exact) mass is 724 g/mol. The predicted molar refractivity (Wildman–Crippen MR) is 196 cm³/mol. The zero-order chi connectivity index (χ0) is 36.4. The molecule has 2 fully saturated rings. The van der Waals surface area contributed by atoms with E-state index >= 15 is 0 Å². The summed E-state index contributed by atoms with van der Waals surface area (Å²) < 4.78 is 23.2. The molecule has 2 saturated heterocycles. The van der Waals surface area contributed by atoms with Gasteiger partial charge >= 0.3 is 12.2 Å². The summed E-state index contributed by atoms with van der Waals surface area (Å²) in [5.41, 5.74) is -1.02. The summed E-state index contributed by atoms with van der Waals surface area (Å²) in [5.74, 6) is 1.36. The minimum Gasteiger partial charge on any atom is -0.472 e. The number of aromatic nitrogens is 2. The van der Waals surface area contributed by atoms with Crippen LogP contribution in [-0.4, -0.2) is 81.5 Å². The first-order chi connectivity index (χ1) is 23.5. The van der Waals surface area contributed by atoms with Crippen molar-refractivity contribution in [2.75, 3.05) is 26.2 Å². The van der Waals surface area contributed by atoms with Gasteiger partial charge in [0.15, 0.2) is 0 Å². The zero-order valence-electron chi connectivity index (χ0n) is 29.9. The average Bonchev–Trinajstić information content (AvgIpc) is 3.57. The number of likely N-dealkylation sites (tertiary alicyclic amines) is 2. The number of rotatable bonds is 4. The first-order valence-corrected chi connectivity index (χ1v) is 17.6. The van der Waals surface area contributed by atoms with Gasteiger partial charge in [-0.05, 0) is 76.6 Å². The third-order valence-corrected chi connectivity index (χ3v) is 8.65. The van der Waals surface area contributed by atoms with Crippen molar-refractivity contribution in [3.63, 3.8) is 0 Å². The molecular weight excluding hydrogens is 679 g/mol. The molecular formula is C38H46Cl2N4O6. The molecule has 0 spiro atoms. The SMILES string of the molecule is C[C@@H]1CN(C(=O)OC(C)(C)C)C[C@H]1Oc1nc(Cl)cc2ccccc12.C[C@H]1CN(C(=O)OC(C)(C)C)C[C@@H]1Oc1nc(Cl)cc2ccccc12. The van der Waals surface area contributed by atoms with Crippen molar-refractivity contribution in [2.45, 2.75) is 78.8 Å². The lowest BCUT2D eigenvalue weighted by Gasteiger charge is -2.24. The summed E-state index contributed by atoms with van der Waals surface area (Å²) in [6.45, 7) is 17.4. The number of nitrogens with zero attached hydrogens (tertiary/aromatic N) is 4. The molecule has 6 rings (SSSR count). The van der Waals surface area contributed by atoms with Gasteiger partial charge in [0, 0.05) is 35.7 Å². The molecule has 12 heteroatoms. The Morgan fingerprint density at radius 2 is 1.00 bits per heavy atom. The standard InChI is InChI=1S/2C19H23ClN2O3/c2*1-12-10-22(18(23)25-19(2,3)4)11-15(12)24-17-14-8-6-5-7-13(14)9-16(20)21-17/h2*5-9,12,15H,10-11H2,1-4H3/t2*12-,15-/m10/s1. The normalized spacial score (nSPS) is 20.8. The van der Waals surface area contributed by atoms with Crippen molar-refractivity contribution in [2.24, 2.45) is 11.8 Å². The van der Waals surface area contributed by atoms with Crippen LogP contribution in [0.25, 0.3) is 21.5 Å². The smallest absolute Gasteiger partial charge is 0.410 e. The van der Waals surface area contributed by atoms with E-state index in [0.29, 0.717) is 48.2 Å². The Morgan fingerprint density at radius 3 is 1.36 bits per heavy atom. The van der Waals surface area contributed by atoms with Gasteiger partial charge in [0.25, 0.3) is 0 Å². The van der Waals surface area contributed by atoms with E-state index < -0.39 is 11.2 Å². The highest BCUT2D eigenvalue weighted by Gasteiger charge is 2.38. The van der Waals surface area contributed by atoms with Crippen molar-refractivity contribution < 1.29 is 28.5 Å². The second kappa shape index (κ2) is 15.1. The Kier molecular flexibility index (Phi) is 11.2. The third kappa shape index (κ3) is 9.60. The Bertz CT molecular complexity index is 1710. The highest BCUT2D eigenvalue weighted by Crippen LogP contribution is 2.32. The molecule has 0 radical (unpaired) electrons. The molecule has 0 aliphatic carbocycles. The summed E-state index contributed by atoms with van der Waals surface area (Å²) in [7, 11) is 0. The predicted octanol–water partition coefficient (Wildman–Crippen LogP) is 9.04. The van der Waals surface area contributed by atoms with E-state index in [1.807, 2.05) is 102 Å². The fourth-order valence-electron chi connectivity index (χ4n) is 5.87. The van der Waals surface area contributed by atoms with Crippen LogP contribution in [0.5, 0.6) is 11.8 Å². The van der Waals surface area contributed by atoms with Crippen molar-refractivity contribution in [3.8, 4) is 11.8 Å². The third-order valence-electron chi connectivity index (χ3n) is 8.26. The van der Waals surface area contributed by atoms with Crippen LogP contribution in [0.1, 0.15) is 55.4 Å². The number of hydrogen-bond acceptors (Lipinski definition) is 8. The molecule has 0 bridgehead atoms. The number of carbonyl (C=O) groups is 2. The van der Waals surface area contributed by atoms with Crippen LogP contribution in [0.15, 0.2) is 60.7 Å². The largest absolute Gasteiger partial charge is 0.472 e. The number of benzene rings is 2. The first-order valence-electron chi connectivity index (χ1n) is 16.9. The second-order valence-corrected chi connectivity index (χ2v) is 15.8. The van der Waals surface area contributed by atoms with E-state index in [4.69, 9.17) is 42.1 Å². The Morgan fingerprint density at radius 1 is 0.640 bits per heavy atom. The molecule has 2 aromatic carbocycles. The van der Waals surface area contributed by atoms with Gasteiger partial charge in [-0.3, -0.25) is 0 Å². The second-order valence-electron chi connectivity index (χ2n) is 15.0. The van der Waals surface area contributed by atoms with E-state index in [1.54, 1.807) is 9.80 Å². The van der Waals surface area contributed by atoms with Gasteiger partial charge in [-0.15, -0.1) is 0 Å². The lowest BCUT2D eigenvalue weighted by atomic mass is 10.1. The van der Waals surface area contributed by atoms with Crippen molar-refractivity contribution >= 4 is 56.9 Å². The van der Waals surface area contributed by atoms with Crippen LogP contribution >= 0.6 is 23.2 Å². The van der Waals surface area contributed by atoms with Gasteiger partial charge in [0.2, 0.25) is 11.8 Å². The van der Waals surface area contributed by atoms with E-state index in [0.717, 1.165) is 21.5 Å². The van der Waals surface area contributed by atoms with Crippen molar-refractivity contribution in [3.05, 3.63) is 71.0 Å². The highest BCUT2D eigenvalue weighted by molar-refractivity contribution is 6.30. The van der Waals surface area contributed by atoms with Gasteiger partial charge in [0.05, 0.1) is 13.1 Å². The van der Waals surface area contributed by atoms with E-state index in [-0.39, 0.29) is 36.2 Å². The Labute approximate surface area is 303 Å². The molecule has 0 N–H and O–H groups in total. The zero-order valence-corrected chi connectivity index (χ0v) is 31.4. The maximum absolute atomic E-state index is 12.3. The van der Waals surface area contributed by atoms with Crippen molar-refractivity contribution in [1.29, 1.82) is 0 Å². The van der Waals surface area contributed by atoms with E-state index in [9.17, 15) is 9.59 Å². The average molecular weight is 726 g/mol. The number of carbonyl (C=O) groups excluding carboxylic acids is 2. The summed E-state index contributed by atoms with van der Waals surface area (Å²) in [4.78, 5) is 36.6. The van der Waals surface area contributed by atoms with Crippen LogP contribution < -0.4 is 9.47 Å². The van der Waals surface area contributed by atoms with E-state index in [2.05, 4.69) is 23.8 Å². The number of ether oxygens (including phenoxy) is 4. The molecule has 2 amide bonds. The summed E-state index contributed by atoms with van der Waals surface area (Å²) in [6.07, 6.45) is -0.924. The quantitative estimate of drug-likeness (QED) is 0.192. The summed E-state index contributed by atoms with van der Waals surface area (Å²) in [5, 5.41) is 4.57. The van der Waals surface area contributed by atoms with Gasteiger partial charge in [0.1, 0.15) is 33.7 Å². The molecule has 268 valence electrons. The van der Waals surface area contributed by atoms with Crippen LogP contribution in [0.3, 0.4) is 0 Å². The minimum atomic E-state index is -0.510. The summed E-state index contributed by atoms with van der Waals surface area (Å²) in [6, 6.07) is 19.3. The molecule has 4 atom stereocenters. The van der Waals surface area contributed by atoms with Gasteiger partial charge < -0.3 is 28.7 Å². The van der Waals surface area contributed by atoms with Gasteiger partial charge in [-0.25, -0.2) is 19.6 Å². The van der Waals surface area contributed by atoms with Crippen LogP contribution in [0, 0.1) is 11.8 Å². The minimum absolute atomic E-state index is 0.151. The molecule has 2 aromatic heterocycles. The van der Waals surface area contributed by atoms with Gasteiger partial charge in [-0.1, -0.05) is 73.4 Å². The number of halogens is 2. The Balaban J connectivity index is 0.000000194. The van der Waals surface area contributed by atoms with Crippen molar-refractivity contribution in [1.82, 2.24) is 19.8 Å². The molecule has 10 nitrogen and oxygen atoms in total. The fraction of sp³-hybridized carbons (Fsp3) is 0.474. The molecule has 50 heavy (non-hydrogen) atoms. The first kappa shape index (κ1) is 37.2. The molecule has 4 heterocycles.